The van der Waals surface area contributed by atoms with Gasteiger partial charge < -0.3 is 5.11 Å². The van der Waals surface area contributed by atoms with E-state index in [4.69, 9.17) is 5.11 Å². The van der Waals surface area contributed by atoms with E-state index in [0.717, 1.165) is 11.3 Å². The van der Waals surface area contributed by atoms with E-state index < -0.39 is 6.09 Å². The maximum Gasteiger partial charge on any atom is 0.433 e. The van der Waals surface area contributed by atoms with E-state index in [9.17, 15) is 4.79 Å². The molecule has 2 rings (SSSR count). The third-order valence-electron chi connectivity index (χ3n) is 2.16. The average Bonchev–Trinajstić information content (AvgIpc) is 2.66. The number of rotatable bonds is 1. The first-order valence-corrected chi connectivity index (χ1v) is 5.56. The summed E-state index contributed by atoms with van der Waals surface area (Å²) in [5.41, 5.74) is 2.02. The van der Waals surface area contributed by atoms with Crippen molar-refractivity contribution in [3.63, 3.8) is 0 Å². The maximum atomic E-state index is 10.6. The molecule has 0 saturated carbocycles. The number of carbonyl (C=O) groups is 1. The molecule has 1 heterocycles. The third-order valence-corrected chi connectivity index (χ3v) is 2.91. The van der Waals surface area contributed by atoms with Crippen LogP contribution in [0.15, 0.2) is 40.8 Å². The molecule has 0 spiro atoms. The SMILES string of the molecule is Cc1ccccc1-n1ccsc1=NC(=O)O. The molecule has 0 fully saturated rings. The van der Waals surface area contributed by atoms with Crippen LogP contribution in [0.1, 0.15) is 5.56 Å². The Labute approximate surface area is 96.1 Å². The zero-order valence-electron chi connectivity index (χ0n) is 8.62. The minimum atomic E-state index is -1.18. The smallest absolute Gasteiger partial charge is 0.433 e. The Morgan fingerprint density at radius 1 is 1.44 bits per heavy atom. The molecule has 0 atom stereocenters. The number of para-hydroxylation sites is 1. The fraction of sp³-hybridized carbons (Fsp3) is 0.0909. The average molecular weight is 234 g/mol. The number of aromatic nitrogens is 1. The van der Waals surface area contributed by atoms with Crippen LogP contribution in [0.2, 0.25) is 0 Å². The van der Waals surface area contributed by atoms with E-state index in [1.54, 1.807) is 4.57 Å². The molecule has 82 valence electrons. The summed E-state index contributed by atoms with van der Waals surface area (Å²) in [6, 6.07) is 7.77. The molecular formula is C11H10N2O2S. The van der Waals surface area contributed by atoms with E-state index in [1.165, 1.54) is 11.3 Å². The molecule has 0 saturated heterocycles. The summed E-state index contributed by atoms with van der Waals surface area (Å²) in [6.45, 7) is 1.98. The molecular weight excluding hydrogens is 224 g/mol. The third kappa shape index (κ3) is 2.04. The van der Waals surface area contributed by atoms with Gasteiger partial charge in [0.15, 0.2) is 0 Å². The van der Waals surface area contributed by atoms with Crippen LogP contribution >= 0.6 is 11.3 Å². The number of hydrogen-bond acceptors (Lipinski definition) is 2. The van der Waals surface area contributed by atoms with Crippen molar-refractivity contribution in [1.82, 2.24) is 4.57 Å². The predicted molar refractivity (Wildman–Crippen MR) is 62.0 cm³/mol. The predicted octanol–water partition coefficient (Wildman–Crippen LogP) is 2.43. The molecule has 1 N–H and O–H groups in total. The van der Waals surface area contributed by atoms with Crippen LogP contribution in [0.4, 0.5) is 4.79 Å². The lowest BCUT2D eigenvalue weighted by Crippen LogP contribution is -2.14. The molecule has 4 nitrogen and oxygen atoms in total. The lowest BCUT2D eigenvalue weighted by atomic mass is 10.2. The summed E-state index contributed by atoms with van der Waals surface area (Å²) in [7, 11) is 0. The van der Waals surface area contributed by atoms with Crippen LogP contribution in [0, 0.1) is 6.92 Å². The second-order valence-corrected chi connectivity index (χ2v) is 4.11. The zero-order valence-corrected chi connectivity index (χ0v) is 9.44. The number of thiazole rings is 1. The quantitative estimate of drug-likeness (QED) is 0.823. The highest BCUT2D eigenvalue weighted by molar-refractivity contribution is 7.07. The summed E-state index contributed by atoms with van der Waals surface area (Å²) in [4.78, 5) is 14.6. The molecule has 0 unspecified atom stereocenters. The van der Waals surface area contributed by atoms with E-state index >= 15 is 0 Å². The Morgan fingerprint density at radius 3 is 2.88 bits per heavy atom. The highest BCUT2D eigenvalue weighted by Gasteiger charge is 2.02. The summed E-state index contributed by atoms with van der Waals surface area (Å²) < 4.78 is 1.77. The number of benzene rings is 1. The summed E-state index contributed by atoms with van der Waals surface area (Å²) in [5, 5.41) is 10.5. The number of carboxylic acid groups (broad SMARTS) is 1. The minimum absolute atomic E-state index is 0.460. The van der Waals surface area contributed by atoms with E-state index in [-0.39, 0.29) is 0 Å². The number of aryl methyl sites for hydroxylation is 1. The van der Waals surface area contributed by atoms with Gasteiger partial charge in [-0.3, -0.25) is 4.57 Å². The zero-order chi connectivity index (χ0) is 11.5. The molecule has 0 bridgehead atoms. The summed E-state index contributed by atoms with van der Waals surface area (Å²) in [6.07, 6.45) is 0.638. The van der Waals surface area contributed by atoms with Crippen molar-refractivity contribution in [3.8, 4) is 5.69 Å². The van der Waals surface area contributed by atoms with Crippen molar-refractivity contribution in [2.24, 2.45) is 4.99 Å². The summed E-state index contributed by atoms with van der Waals surface area (Å²) >= 11 is 1.30. The normalized spacial score (nSPS) is 11.7. The van der Waals surface area contributed by atoms with Gasteiger partial charge in [0.2, 0.25) is 4.80 Å². The highest BCUT2D eigenvalue weighted by Crippen LogP contribution is 2.11. The first-order chi connectivity index (χ1) is 7.68. The van der Waals surface area contributed by atoms with Gasteiger partial charge in [0, 0.05) is 11.6 Å². The van der Waals surface area contributed by atoms with Crippen LogP contribution in [0.3, 0.4) is 0 Å². The van der Waals surface area contributed by atoms with E-state index in [2.05, 4.69) is 4.99 Å². The standard InChI is InChI=1S/C11H10N2O2S/c1-8-4-2-3-5-9(8)13-6-7-16-10(13)12-11(14)15/h2-7H,1H3,(H,14,15). The lowest BCUT2D eigenvalue weighted by Gasteiger charge is -2.05. The fourth-order valence-corrected chi connectivity index (χ4v) is 2.16. The van der Waals surface area contributed by atoms with Gasteiger partial charge in [-0.05, 0) is 18.6 Å². The molecule has 16 heavy (non-hydrogen) atoms. The fourth-order valence-electron chi connectivity index (χ4n) is 1.45. The van der Waals surface area contributed by atoms with Gasteiger partial charge in [-0.15, -0.1) is 16.3 Å². The lowest BCUT2D eigenvalue weighted by molar-refractivity contribution is 0.204. The maximum absolute atomic E-state index is 10.6. The van der Waals surface area contributed by atoms with Crippen molar-refractivity contribution < 1.29 is 9.90 Å². The van der Waals surface area contributed by atoms with Gasteiger partial charge in [-0.1, -0.05) is 18.2 Å². The Bertz CT molecular complexity index is 583. The van der Waals surface area contributed by atoms with Crippen LogP contribution in [0.25, 0.3) is 5.69 Å². The second kappa shape index (κ2) is 4.32. The Morgan fingerprint density at radius 2 is 2.19 bits per heavy atom. The van der Waals surface area contributed by atoms with Crippen LogP contribution in [0.5, 0.6) is 0 Å². The number of amides is 1. The topological polar surface area (TPSA) is 54.6 Å². The number of hydrogen-bond donors (Lipinski definition) is 1. The molecule has 0 aliphatic rings. The van der Waals surface area contributed by atoms with E-state index in [1.807, 2.05) is 42.8 Å². The van der Waals surface area contributed by atoms with Crippen LogP contribution < -0.4 is 4.80 Å². The van der Waals surface area contributed by atoms with Crippen molar-refractivity contribution >= 4 is 17.4 Å². The molecule has 0 aliphatic heterocycles. The van der Waals surface area contributed by atoms with Gasteiger partial charge in [0.25, 0.3) is 0 Å². The van der Waals surface area contributed by atoms with Crippen LogP contribution in [-0.4, -0.2) is 15.8 Å². The molecule has 1 amide bonds. The monoisotopic (exact) mass is 234 g/mol. The molecule has 1 aromatic heterocycles. The first kappa shape index (κ1) is 10.6. The Kier molecular flexibility index (Phi) is 2.87. The van der Waals surface area contributed by atoms with Gasteiger partial charge >= 0.3 is 6.09 Å². The summed E-state index contributed by atoms with van der Waals surface area (Å²) in [5.74, 6) is 0. The van der Waals surface area contributed by atoms with Gasteiger partial charge in [0.05, 0.1) is 5.69 Å². The molecule has 1 aromatic carbocycles. The Balaban J connectivity index is 2.62. The first-order valence-electron chi connectivity index (χ1n) is 4.68. The molecule has 5 heteroatoms. The van der Waals surface area contributed by atoms with Crippen molar-refractivity contribution in [2.45, 2.75) is 6.92 Å². The number of nitrogens with zero attached hydrogens (tertiary/aromatic N) is 2. The highest BCUT2D eigenvalue weighted by atomic mass is 32.1. The minimum Gasteiger partial charge on any atom is -0.463 e. The van der Waals surface area contributed by atoms with Gasteiger partial charge in [0.1, 0.15) is 0 Å². The van der Waals surface area contributed by atoms with Gasteiger partial charge in [-0.2, -0.15) is 0 Å². The molecule has 0 aliphatic carbocycles. The second-order valence-electron chi connectivity index (χ2n) is 3.24. The van der Waals surface area contributed by atoms with Crippen LogP contribution in [-0.2, 0) is 0 Å². The van der Waals surface area contributed by atoms with E-state index in [0.29, 0.717) is 4.80 Å². The Hall–Kier alpha value is -1.88. The van der Waals surface area contributed by atoms with Crippen molar-refractivity contribution in [1.29, 1.82) is 0 Å². The largest absolute Gasteiger partial charge is 0.463 e. The van der Waals surface area contributed by atoms with Crippen molar-refractivity contribution in [2.75, 3.05) is 0 Å². The molecule has 2 aromatic rings. The van der Waals surface area contributed by atoms with Gasteiger partial charge in [-0.25, -0.2) is 4.79 Å². The van der Waals surface area contributed by atoms with Crippen molar-refractivity contribution in [3.05, 3.63) is 46.2 Å². The molecule has 0 radical (unpaired) electrons.